The normalized spacial score (nSPS) is 14.1. The highest BCUT2D eigenvalue weighted by Gasteiger charge is 2.15. The van der Waals surface area contributed by atoms with Gasteiger partial charge in [0.15, 0.2) is 11.5 Å². The molecule has 0 bridgehead atoms. The fourth-order valence-corrected chi connectivity index (χ4v) is 3.05. The summed E-state index contributed by atoms with van der Waals surface area (Å²) in [5.74, 6) is 1.60. The Labute approximate surface area is 122 Å². The van der Waals surface area contributed by atoms with Crippen LogP contribution in [0, 0.1) is 6.92 Å². The smallest absolute Gasteiger partial charge is 0.162 e. The van der Waals surface area contributed by atoms with E-state index in [-0.39, 0.29) is 0 Å². The van der Waals surface area contributed by atoms with Gasteiger partial charge in [0.2, 0.25) is 0 Å². The van der Waals surface area contributed by atoms with Crippen LogP contribution in [0.3, 0.4) is 0 Å². The second-order valence-corrected chi connectivity index (χ2v) is 5.75. The molecule has 2 heterocycles. The van der Waals surface area contributed by atoms with Crippen molar-refractivity contribution in [2.24, 2.45) is 7.05 Å². The number of hydrogen-bond donors (Lipinski definition) is 1. The van der Waals surface area contributed by atoms with Crippen LogP contribution in [0.2, 0.25) is 0 Å². The number of nitrogens with zero attached hydrogens (tertiary/aromatic N) is 2. The van der Waals surface area contributed by atoms with Crippen LogP contribution in [0.1, 0.15) is 12.1 Å². The van der Waals surface area contributed by atoms with Crippen molar-refractivity contribution in [1.29, 1.82) is 0 Å². The third-order valence-corrected chi connectivity index (χ3v) is 4.31. The van der Waals surface area contributed by atoms with Crippen molar-refractivity contribution in [2.75, 3.05) is 18.9 Å². The molecule has 1 aromatic carbocycles. The fourth-order valence-electron chi connectivity index (χ4n) is 2.09. The summed E-state index contributed by atoms with van der Waals surface area (Å²) < 4.78 is 13.1. The van der Waals surface area contributed by atoms with E-state index in [1.165, 1.54) is 0 Å². The predicted molar refractivity (Wildman–Crippen MR) is 78.5 cm³/mol. The molecule has 0 saturated carbocycles. The second-order valence-electron chi connectivity index (χ2n) is 4.69. The maximum Gasteiger partial charge on any atom is 0.162 e. The largest absolute Gasteiger partial charge is 0.490 e. The summed E-state index contributed by atoms with van der Waals surface area (Å²) in [5.41, 5.74) is 7.63. The summed E-state index contributed by atoms with van der Waals surface area (Å²) in [4.78, 5) is 1.06. The van der Waals surface area contributed by atoms with E-state index in [1.807, 2.05) is 32.2 Å². The van der Waals surface area contributed by atoms with Gasteiger partial charge in [0.1, 0.15) is 5.03 Å². The van der Waals surface area contributed by atoms with Crippen LogP contribution in [-0.4, -0.2) is 23.0 Å². The van der Waals surface area contributed by atoms with Crippen molar-refractivity contribution in [3.05, 3.63) is 23.9 Å². The van der Waals surface area contributed by atoms with Gasteiger partial charge in [-0.15, -0.1) is 0 Å². The molecule has 3 rings (SSSR count). The highest BCUT2D eigenvalue weighted by atomic mass is 32.2. The van der Waals surface area contributed by atoms with Gasteiger partial charge in [0.05, 0.1) is 24.6 Å². The van der Waals surface area contributed by atoms with Crippen LogP contribution in [0.4, 0.5) is 5.69 Å². The molecule has 6 heteroatoms. The zero-order valence-electron chi connectivity index (χ0n) is 11.5. The zero-order valence-corrected chi connectivity index (χ0v) is 12.4. The monoisotopic (exact) mass is 291 g/mol. The van der Waals surface area contributed by atoms with E-state index >= 15 is 0 Å². The first-order valence-corrected chi connectivity index (χ1v) is 7.33. The minimum Gasteiger partial charge on any atom is -0.490 e. The summed E-state index contributed by atoms with van der Waals surface area (Å²) in [5, 5.41) is 5.27. The number of hydrogen-bond acceptors (Lipinski definition) is 5. The van der Waals surface area contributed by atoms with Crippen LogP contribution < -0.4 is 15.2 Å². The molecule has 106 valence electrons. The van der Waals surface area contributed by atoms with Crippen LogP contribution in [-0.2, 0) is 7.05 Å². The van der Waals surface area contributed by atoms with E-state index in [2.05, 4.69) is 5.10 Å². The van der Waals surface area contributed by atoms with E-state index in [0.29, 0.717) is 13.2 Å². The molecule has 0 unspecified atom stereocenters. The van der Waals surface area contributed by atoms with Gasteiger partial charge in [0, 0.05) is 18.4 Å². The number of anilines is 1. The summed E-state index contributed by atoms with van der Waals surface area (Å²) in [7, 11) is 1.90. The SMILES string of the molecule is Cc1nn(C)c(Sc2ccc3c(c2)OCCCO3)c1N. The lowest BCUT2D eigenvalue weighted by atomic mass is 10.3. The molecule has 0 radical (unpaired) electrons. The fraction of sp³-hybridized carbons (Fsp3) is 0.357. The molecular formula is C14H17N3O2S. The lowest BCUT2D eigenvalue weighted by Crippen LogP contribution is -1.97. The molecule has 0 atom stereocenters. The van der Waals surface area contributed by atoms with E-state index in [4.69, 9.17) is 15.2 Å². The number of aromatic nitrogens is 2. The lowest BCUT2D eigenvalue weighted by molar-refractivity contribution is 0.297. The van der Waals surface area contributed by atoms with Crippen LogP contribution >= 0.6 is 11.8 Å². The molecule has 0 amide bonds. The first kappa shape index (κ1) is 13.2. The van der Waals surface area contributed by atoms with Gasteiger partial charge in [-0.2, -0.15) is 5.10 Å². The Kier molecular flexibility index (Phi) is 3.48. The third kappa shape index (κ3) is 2.43. The summed E-state index contributed by atoms with van der Waals surface area (Å²) in [6.45, 7) is 3.30. The average molecular weight is 291 g/mol. The lowest BCUT2D eigenvalue weighted by Gasteiger charge is -2.09. The number of fused-ring (bicyclic) bond motifs is 1. The molecule has 0 spiro atoms. The maximum atomic E-state index is 6.05. The van der Waals surface area contributed by atoms with E-state index in [0.717, 1.165) is 39.2 Å². The Morgan fingerprint density at radius 3 is 2.70 bits per heavy atom. The van der Waals surface area contributed by atoms with Crippen molar-refractivity contribution in [3.63, 3.8) is 0 Å². The summed E-state index contributed by atoms with van der Waals surface area (Å²) in [6.07, 6.45) is 0.908. The van der Waals surface area contributed by atoms with Crippen LogP contribution in [0.5, 0.6) is 11.5 Å². The second kappa shape index (κ2) is 5.28. The van der Waals surface area contributed by atoms with Crippen LogP contribution in [0.15, 0.2) is 28.1 Å². The minimum atomic E-state index is 0.689. The number of rotatable bonds is 2. The first-order valence-electron chi connectivity index (χ1n) is 6.51. The Hall–Kier alpha value is -1.82. The molecule has 5 nitrogen and oxygen atoms in total. The highest BCUT2D eigenvalue weighted by molar-refractivity contribution is 7.99. The molecule has 0 saturated heterocycles. The van der Waals surface area contributed by atoms with Gasteiger partial charge >= 0.3 is 0 Å². The average Bonchev–Trinajstić information content (AvgIpc) is 2.63. The molecule has 1 aliphatic rings. The van der Waals surface area contributed by atoms with Crippen molar-refractivity contribution in [3.8, 4) is 11.5 Å². The van der Waals surface area contributed by atoms with Gasteiger partial charge in [-0.25, -0.2) is 0 Å². The van der Waals surface area contributed by atoms with Gasteiger partial charge in [-0.3, -0.25) is 4.68 Å². The van der Waals surface area contributed by atoms with Crippen molar-refractivity contribution in [2.45, 2.75) is 23.3 Å². The molecule has 0 fully saturated rings. The highest BCUT2D eigenvalue weighted by Crippen LogP contribution is 2.38. The molecular weight excluding hydrogens is 274 g/mol. The standard InChI is InChI=1S/C14H17N3O2S/c1-9-13(15)14(17(2)16-9)20-10-4-5-11-12(8-10)19-7-3-6-18-11/h4-5,8H,3,6-7,15H2,1-2H3. The molecule has 20 heavy (non-hydrogen) atoms. The predicted octanol–water partition coefficient (Wildman–Crippen LogP) is 2.62. The van der Waals surface area contributed by atoms with Gasteiger partial charge < -0.3 is 15.2 Å². The van der Waals surface area contributed by atoms with Crippen LogP contribution in [0.25, 0.3) is 0 Å². The number of nitrogen functional groups attached to an aromatic ring is 1. The van der Waals surface area contributed by atoms with Crippen molar-refractivity contribution >= 4 is 17.4 Å². The van der Waals surface area contributed by atoms with E-state index in [1.54, 1.807) is 16.4 Å². The van der Waals surface area contributed by atoms with Crippen molar-refractivity contribution < 1.29 is 9.47 Å². The summed E-state index contributed by atoms with van der Waals surface area (Å²) >= 11 is 1.58. The number of aryl methyl sites for hydroxylation is 2. The van der Waals surface area contributed by atoms with E-state index in [9.17, 15) is 0 Å². The zero-order chi connectivity index (χ0) is 14.1. The Bertz CT molecular complexity index is 640. The third-order valence-electron chi connectivity index (χ3n) is 3.15. The Morgan fingerprint density at radius 1 is 1.25 bits per heavy atom. The van der Waals surface area contributed by atoms with E-state index < -0.39 is 0 Å². The van der Waals surface area contributed by atoms with Gasteiger partial charge in [-0.1, -0.05) is 11.8 Å². The van der Waals surface area contributed by atoms with Gasteiger partial charge in [0.25, 0.3) is 0 Å². The van der Waals surface area contributed by atoms with Gasteiger partial charge in [-0.05, 0) is 25.1 Å². The Balaban J connectivity index is 1.90. The number of nitrogens with two attached hydrogens (primary N) is 1. The first-order chi connectivity index (χ1) is 9.65. The molecule has 2 N–H and O–H groups in total. The molecule has 2 aromatic rings. The quantitative estimate of drug-likeness (QED) is 0.921. The van der Waals surface area contributed by atoms with Crippen molar-refractivity contribution in [1.82, 2.24) is 9.78 Å². The maximum absolute atomic E-state index is 6.05. The summed E-state index contributed by atoms with van der Waals surface area (Å²) in [6, 6.07) is 5.95. The number of ether oxygens (including phenoxy) is 2. The molecule has 1 aromatic heterocycles. The number of benzene rings is 1. The topological polar surface area (TPSA) is 62.3 Å². The minimum absolute atomic E-state index is 0.689. The molecule has 0 aliphatic carbocycles. The Morgan fingerprint density at radius 2 is 2.00 bits per heavy atom. The molecule has 1 aliphatic heterocycles.